The molecule has 3 amide bonds. The lowest BCUT2D eigenvalue weighted by atomic mass is 10.0. The minimum absolute atomic E-state index is 0.162. The zero-order valence-electron chi connectivity index (χ0n) is 20.1. The number of sulfone groups is 1. The Labute approximate surface area is 211 Å². The highest BCUT2D eigenvalue weighted by Crippen LogP contribution is 2.09. The smallest absolute Gasteiger partial charge is 0.318 e. The molecule has 3 rings (SSSR count). The van der Waals surface area contributed by atoms with Gasteiger partial charge in [0.25, 0.3) is 0 Å². The van der Waals surface area contributed by atoms with Crippen LogP contribution < -0.4 is 10.6 Å². The van der Waals surface area contributed by atoms with Gasteiger partial charge in [-0.25, -0.2) is 13.2 Å². The van der Waals surface area contributed by atoms with Crippen molar-refractivity contribution in [3.8, 4) is 0 Å². The Bertz CT molecular complexity index is 1160. The number of hydrogen-bond donors (Lipinski definition) is 2. The van der Waals surface area contributed by atoms with Crippen LogP contribution in [0.2, 0.25) is 0 Å². The van der Waals surface area contributed by atoms with E-state index in [0.717, 1.165) is 28.9 Å². The third-order valence-electron chi connectivity index (χ3n) is 5.62. The second-order valence-electron chi connectivity index (χ2n) is 8.58. The summed E-state index contributed by atoms with van der Waals surface area (Å²) in [6.07, 6.45) is 2.32. The first-order valence-corrected chi connectivity index (χ1v) is 13.6. The van der Waals surface area contributed by atoms with Crippen molar-refractivity contribution < 1.29 is 27.5 Å². The fraction of sp³-hybridized carbons (Fsp3) is 0.346. The molecule has 1 aliphatic rings. The second kappa shape index (κ2) is 13.0. The molecule has 0 aliphatic carbocycles. The number of ether oxygens (including phenoxy) is 1. The lowest BCUT2D eigenvalue weighted by molar-refractivity contribution is -0.127. The lowest BCUT2D eigenvalue weighted by Crippen LogP contribution is -2.56. The molecule has 2 aromatic rings. The summed E-state index contributed by atoms with van der Waals surface area (Å²) >= 11 is 0. The van der Waals surface area contributed by atoms with Gasteiger partial charge in [-0.1, -0.05) is 60.7 Å². The standard InChI is InChI=1S/C26H31N3O6S/c1-36(33,34)17-12-24(30)22(18-20-8-4-2-5-9-20)27-25(31)23(19-21-10-6-3-7-11-21)28-26(32)29-13-15-35-16-14-29/h2-12,17,22-23H,13-16,18-19H2,1H3,(H,27,31)(H,28,32)/b17-12-/t22-,23-/m0/s1. The number of urea groups is 1. The maximum absolute atomic E-state index is 13.4. The molecule has 2 N–H and O–H groups in total. The van der Waals surface area contributed by atoms with Gasteiger partial charge in [0.05, 0.1) is 19.3 Å². The molecule has 0 unspecified atom stereocenters. The second-order valence-corrected chi connectivity index (χ2v) is 10.5. The predicted molar refractivity (Wildman–Crippen MR) is 136 cm³/mol. The molecule has 2 aromatic carbocycles. The number of nitrogens with one attached hydrogen (secondary N) is 2. The van der Waals surface area contributed by atoms with Crippen molar-refractivity contribution in [2.45, 2.75) is 24.9 Å². The van der Waals surface area contributed by atoms with E-state index in [1.807, 2.05) is 60.7 Å². The number of ketones is 1. The van der Waals surface area contributed by atoms with Crippen molar-refractivity contribution in [2.24, 2.45) is 0 Å². The fourth-order valence-corrected chi connectivity index (χ4v) is 4.10. The molecule has 0 spiro atoms. The van der Waals surface area contributed by atoms with Gasteiger partial charge in [0.2, 0.25) is 5.91 Å². The van der Waals surface area contributed by atoms with E-state index in [9.17, 15) is 22.8 Å². The Morgan fingerprint density at radius 1 is 0.889 bits per heavy atom. The van der Waals surface area contributed by atoms with Gasteiger partial charge in [-0.15, -0.1) is 0 Å². The summed E-state index contributed by atoms with van der Waals surface area (Å²) in [6, 6.07) is 16.0. The van der Waals surface area contributed by atoms with Gasteiger partial charge in [-0.2, -0.15) is 0 Å². The largest absolute Gasteiger partial charge is 0.378 e. The van der Waals surface area contributed by atoms with Crippen molar-refractivity contribution >= 4 is 27.6 Å². The van der Waals surface area contributed by atoms with Gasteiger partial charge in [-0.05, 0) is 17.2 Å². The molecular formula is C26H31N3O6S. The number of carbonyl (C=O) groups excluding carboxylic acids is 3. The number of carbonyl (C=O) groups is 3. The first-order valence-electron chi connectivity index (χ1n) is 11.6. The fourth-order valence-electron chi connectivity index (χ4n) is 3.72. The van der Waals surface area contributed by atoms with E-state index in [2.05, 4.69) is 10.6 Å². The van der Waals surface area contributed by atoms with Gasteiger partial charge in [0.15, 0.2) is 15.6 Å². The van der Waals surface area contributed by atoms with Crippen LogP contribution in [0.3, 0.4) is 0 Å². The molecule has 10 heteroatoms. The van der Waals surface area contributed by atoms with Gasteiger partial charge in [-0.3, -0.25) is 9.59 Å². The van der Waals surface area contributed by atoms with Crippen LogP contribution >= 0.6 is 0 Å². The first-order chi connectivity index (χ1) is 17.2. The van der Waals surface area contributed by atoms with E-state index >= 15 is 0 Å². The number of benzene rings is 2. The Morgan fingerprint density at radius 3 is 1.94 bits per heavy atom. The van der Waals surface area contributed by atoms with Crippen LogP contribution in [-0.4, -0.2) is 75.7 Å². The van der Waals surface area contributed by atoms with E-state index in [0.29, 0.717) is 26.3 Å². The average molecular weight is 514 g/mol. The number of rotatable bonds is 10. The Balaban J connectivity index is 1.81. The molecule has 0 aromatic heterocycles. The maximum atomic E-state index is 13.4. The Morgan fingerprint density at radius 2 is 1.42 bits per heavy atom. The van der Waals surface area contributed by atoms with Crippen LogP contribution in [0.5, 0.6) is 0 Å². The summed E-state index contributed by atoms with van der Waals surface area (Å²) in [6.45, 7) is 1.67. The van der Waals surface area contributed by atoms with E-state index in [4.69, 9.17) is 4.74 Å². The quantitative estimate of drug-likeness (QED) is 0.465. The third-order valence-corrected chi connectivity index (χ3v) is 6.25. The SMILES string of the molecule is CS(=O)(=O)/C=C\C(=O)[C@H](Cc1ccccc1)NC(=O)[C@H](Cc1ccccc1)NC(=O)N1CCOCC1. The highest BCUT2D eigenvalue weighted by atomic mass is 32.2. The Kier molecular flexibility index (Phi) is 9.77. The Hall–Kier alpha value is -3.50. The van der Waals surface area contributed by atoms with Gasteiger partial charge in [0.1, 0.15) is 6.04 Å². The summed E-state index contributed by atoms with van der Waals surface area (Å²) in [5, 5.41) is 6.35. The average Bonchev–Trinajstić information content (AvgIpc) is 2.87. The highest BCUT2D eigenvalue weighted by Gasteiger charge is 2.28. The molecule has 2 atom stereocenters. The zero-order valence-corrected chi connectivity index (χ0v) is 20.9. The highest BCUT2D eigenvalue weighted by molar-refractivity contribution is 7.93. The first kappa shape index (κ1) is 27.1. The summed E-state index contributed by atoms with van der Waals surface area (Å²) in [4.78, 5) is 40.8. The van der Waals surface area contributed by atoms with Gasteiger partial charge >= 0.3 is 6.03 Å². The van der Waals surface area contributed by atoms with E-state index in [1.54, 1.807) is 4.90 Å². The van der Waals surface area contributed by atoms with Gasteiger partial charge < -0.3 is 20.3 Å². The molecule has 1 saturated heterocycles. The summed E-state index contributed by atoms with van der Waals surface area (Å²) in [5.41, 5.74) is 1.63. The maximum Gasteiger partial charge on any atom is 0.318 e. The van der Waals surface area contributed by atoms with Crippen molar-refractivity contribution in [1.29, 1.82) is 0 Å². The van der Waals surface area contributed by atoms with Crippen molar-refractivity contribution in [3.63, 3.8) is 0 Å². The topological polar surface area (TPSA) is 122 Å². The number of hydrogen-bond acceptors (Lipinski definition) is 6. The molecule has 9 nitrogen and oxygen atoms in total. The number of nitrogens with zero attached hydrogens (tertiary/aromatic N) is 1. The number of amides is 3. The van der Waals surface area contributed by atoms with Crippen LogP contribution in [0.15, 0.2) is 72.1 Å². The summed E-state index contributed by atoms with van der Waals surface area (Å²) in [7, 11) is -3.53. The van der Waals surface area contributed by atoms with Crippen LogP contribution in [0.4, 0.5) is 4.79 Å². The van der Waals surface area contributed by atoms with Crippen LogP contribution in [-0.2, 0) is 37.0 Å². The lowest BCUT2D eigenvalue weighted by Gasteiger charge is -2.29. The van der Waals surface area contributed by atoms with E-state index < -0.39 is 39.6 Å². The molecule has 36 heavy (non-hydrogen) atoms. The van der Waals surface area contributed by atoms with Crippen molar-refractivity contribution in [1.82, 2.24) is 15.5 Å². The molecule has 0 bridgehead atoms. The van der Waals surface area contributed by atoms with Crippen molar-refractivity contribution in [3.05, 3.63) is 83.3 Å². The third kappa shape index (κ3) is 8.94. The van der Waals surface area contributed by atoms with Crippen LogP contribution in [0.25, 0.3) is 0 Å². The van der Waals surface area contributed by atoms with Crippen LogP contribution in [0.1, 0.15) is 11.1 Å². The minimum atomic E-state index is -3.53. The molecule has 1 fully saturated rings. The molecule has 192 valence electrons. The predicted octanol–water partition coefficient (Wildman–Crippen LogP) is 1.49. The molecule has 0 saturated carbocycles. The van der Waals surface area contributed by atoms with Crippen LogP contribution in [0, 0.1) is 0 Å². The molecular weight excluding hydrogens is 482 g/mol. The van der Waals surface area contributed by atoms with Gasteiger partial charge in [0, 0.05) is 37.6 Å². The molecule has 0 radical (unpaired) electrons. The molecule has 1 heterocycles. The molecule has 1 aliphatic heterocycles. The zero-order chi connectivity index (χ0) is 26.0. The monoisotopic (exact) mass is 513 g/mol. The summed E-state index contributed by atoms with van der Waals surface area (Å²) < 4.78 is 28.4. The normalized spacial score (nSPS) is 15.8. The number of morpholine rings is 1. The van der Waals surface area contributed by atoms with E-state index in [1.165, 1.54) is 0 Å². The summed E-state index contributed by atoms with van der Waals surface area (Å²) in [5.74, 6) is -1.10. The van der Waals surface area contributed by atoms with Crippen molar-refractivity contribution in [2.75, 3.05) is 32.6 Å². The van der Waals surface area contributed by atoms with E-state index in [-0.39, 0.29) is 12.8 Å². The minimum Gasteiger partial charge on any atom is -0.378 e.